The van der Waals surface area contributed by atoms with Crippen LogP contribution in [0.25, 0.3) is 0 Å². The van der Waals surface area contributed by atoms with E-state index in [1.807, 2.05) is 50.3 Å². The number of rotatable bonds is 5. The van der Waals surface area contributed by atoms with Gasteiger partial charge in [0.1, 0.15) is 22.9 Å². The second-order valence-corrected chi connectivity index (χ2v) is 34.9. The molecule has 16 nitrogen and oxygen atoms in total. The molecule has 2 amide bonds. The normalized spacial score (nSPS) is 34.0. The molecule has 4 bridgehead atoms. The number of hydrogen-bond acceptors (Lipinski definition) is 14. The smallest absolute Gasteiger partial charge is 0.264 e. The lowest BCUT2D eigenvalue weighted by Gasteiger charge is -2.49. The summed E-state index contributed by atoms with van der Waals surface area (Å²) in [5.74, 6) is 6.27. The summed E-state index contributed by atoms with van der Waals surface area (Å²) < 4.78 is 59.0. The van der Waals surface area contributed by atoms with Crippen molar-refractivity contribution < 1.29 is 46.7 Å². The zero-order chi connectivity index (χ0) is 66.5. The Morgan fingerprint density at radius 1 is 0.713 bits per heavy atom. The summed E-state index contributed by atoms with van der Waals surface area (Å²) in [5.41, 5.74) is 5.50. The third-order valence-electron chi connectivity index (χ3n) is 23.6. The average Bonchev–Trinajstić information content (AvgIpc) is 1.49. The van der Waals surface area contributed by atoms with E-state index in [2.05, 4.69) is 75.2 Å². The summed E-state index contributed by atoms with van der Waals surface area (Å²) in [7, 11) is -4.76. The number of carbonyl (C=O) groups is 2. The van der Waals surface area contributed by atoms with Crippen molar-refractivity contribution in [3.05, 3.63) is 128 Å². The highest BCUT2D eigenvalue weighted by Gasteiger charge is 2.55. The van der Waals surface area contributed by atoms with Crippen molar-refractivity contribution in [2.75, 3.05) is 69.4 Å². The minimum Gasteiger partial charge on any atom is -0.490 e. The Balaban J connectivity index is 0.000000181. The number of oxime groups is 1. The van der Waals surface area contributed by atoms with E-state index in [0.717, 1.165) is 149 Å². The molecule has 0 saturated heterocycles. The SMILES string of the molecule is C=S1(=O)NC(=O)c2ccc3c(c2)N(C[C@@H]2CC[C@H]2[C@@]2(CCC[C@H](C)[C@H]1C)CC(N(C)CCC)=NO2)C[C@@]1(CCCc2cc(Cl)ccc21)CO3.C[C@@H]1[C@@H](C)C/C=C/[C@](O)(CCCO)[C@@H]2CC[C@H]2CN2C[C@@]3(CCCc4cc(Cl)ccc43)COc3ccc(cc32)C(=O)NS1(=O)=O. The molecule has 4 aromatic rings. The van der Waals surface area contributed by atoms with Crippen LogP contribution in [-0.2, 0) is 48.2 Å². The highest BCUT2D eigenvalue weighted by molar-refractivity contribution is 7.99. The van der Waals surface area contributed by atoms with Crippen LogP contribution in [0.3, 0.4) is 0 Å². The number of sulfonamides is 1. The number of nitrogens with one attached hydrogen (secondary N) is 2. The topological polar surface area (TPSA) is 200 Å². The summed E-state index contributed by atoms with van der Waals surface area (Å²) in [4.78, 5) is 40.8. The molecule has 94 heavy (non-hydrogen) atoms. The number of allylic oxidation sites excluding steroid dienone is 1. The Hall–Kier alpha value is -5.50. The average molecular weight is 1370 g/mol. The van der Waals surface area contributed by atoms with Crippen LogP contribution in [0.15, 0.2) is 90.1 Å². The lowest BCUT2D eigenvalue weighted by Crippen LogP contribution is -2.53. The van der Waals surface area contributed by atoms with Crippen molar-refractivity contribution in [3.63, 3.8) is 0 Å². The van der Waals surface area contributed by atoms with Gasteiger partial charge in [0.15, 0.2) is 0 Å². The molecular weight excluding hydrogens is 1270 g/mol. The van der Waals surface area contributed by atoms with Gasteiger partial charge in [0.2, 0.25) is 10.0 Å². The van der Waals surface area contributed by atoms with Gasteiger partial charge in [-0.05, 0) is 241 Å². The Kier molecular flexibility index (Phi) is 20.0. The van der Waals surface area contributed by atoms with Crippen LogP contribution in [0.5, 0.6) is 11.5 Å². The Labute approximate surface area is 568 Å². The summed E-state index contributed by atoms with van der Waals surface area (Å²) >= 11 is 12.9. The fourth-order valence-electron chi connectivity index (χ4n) is 17.3. The number of ether oxygens (including phenoxy) is 2. The van der Waals surface area contributed by atoms with Gasteiger partial charge in [-0.2, -0.15) is 0 Å². The molecule has 3 spiro atoms. The second-order valence-electron chi connectivity index (χ2n) is 29.6. The first-order valence-corrected chi connectivity index (χ1v) is 38.8. The highest BCUT2D eigenvalue weighted by Crippen LogP contribution is 2.54. The van der Waals surface area contributed by atoms with Crippen molar-refractivity contribution in [1.29, 1.82) is 0 Å². The van der Waals surface area contributed by atoms with Crippen molar-refractivity contribution in [1.82, 2.24) is 14.3 Å². The third kappa shape index (κ3) is 13.6. The van der Waals surface area contributed by atoms with Gasteiger partial charge in [0.05, 0.1) is 51.6 Å². The van der Waals surface area contributed by atoms with Gasteiger partial charge < -0.3 is 39.2 Å². The van der Waals surface area contributed by atoms with E-state index in [0.29, 0.717) is 68.7 Å². The number of halogens is 2. The number of amides is 2. The minimum absolute atomic E-state index is 0.00945. The van der Waals surface area contributed by atoms with Crippen LogP contribution in [0.2, 0.25) is 10.0 Å². The third-order valence-corrected chi connectivity index (χ3v) is 28.1. The van der Waals surface area contributed by atoms with E-state index in [1.54, 1.807) is 31.2 Å². The monoisotopic (exact) mass is 1360 g/mol. The maximum atomic E-state index is 14.0. The molecule has 20 heteroatoms. The molecule has 0 aromatic heterocycles. The van der Waals surface area contributed by atoms with Gasteiger partial charge in [-0.3, -0.25) is 14.3 Å². The van der Waals surface area contributed by atoms with Gasteiger partial charge in [-0.1, -0.05) is 73.4 Å². The largest absolute Gasteiger partial charge is 0.490 e. The molecule has 4 aromatic carbocycles. The first kappa shape index (κ1) is 68.4. The Morgan fingerprint density at radius 3 is 1.82 bits per heavy atom. The zero-order valence-electron chi connectivity index (χ0n) is 55.8. The molecule has 2 fully saturated rings. The van der Waals surface area contributed by atoms with Crippen LogP contribution >= 0.6 is 23.2 Å². The van der Waals surface area contributed by atoms with Gasteiger partial charge in [-0.25, -0.2) is 17.3 Å². The van der Waals surface area contributed by atoms with Gasteiger partial charge >= 0.3 is 0 Å². The fourth-order valence-corrected chi connectivity index (χ4v) is 20.5. The summed E-state index contributed by atoms with van der Waals surface area (Å²) in [6.07, 6.45) is 19.7. The van der Waals surface area contributed by atoms with E-state index in [9.17, 15) is 32.4 Å². The lowest BCUT2D eigenvalue weighted by atomic mass is 9.62. The molecule has 0 radical (unpaired) electrons. The quantitative estimate of drug-likeness (QED) is 0.109. The molecular formula is C74H98Cl2N6O10S2. The van der Waals surface area contributed by atoms with E-state index in [1.165, 1.54) is 22.3 Å². The van der Waals surface area contributed by atoms with E-state index in [4.69, 9.17) is 42.7 Å². The molecule has 4 aliphatic carbocycles. The molecule has 9 aliphatic rings. The van der Waals surface area contributed by atoms with Gasteiger partial charge in [-0.15, -0.1) is 0 Å². The number of fused-ring (bicyclic) bond motifs is 9. The molecule has 13 atom stereocenters. The lowest BCUT2D eigenvalue weighted by molar-refractivity contribution is -0.118. The second kappa shape index (κ2) is 27.4. The molecule has 5 heterocycles. The molecule has 13 rings (SSSR count). The standard InChI is InChI=1S/C39H53ClN4O4S.C35H45ClN2O6S/c1-6-19-43(4)36-22-39(48-41-36)18-7-9-26(2)27(3)49(5,46)42-37(45)29-12-16-35-34(21-29)44(23-30-11-14-33(30)39)24-38(25-47-35)17-8-10-28-20-31(40)13-15-32(28)38;1-23-6-3-15-35(41,16-5-17-39)30-11-8-27(30)20-38-21-34(14-4-7-25-18-28(36)10-12-29(25)34)22-44-32-13-9-26(19-31(32)38)33(40)37-45(42,43)24(23)2/h12-13,15-16,20-21,26-27,30,33H,5-11,14,17-19,22-25H2,1-4H3,(H,42,45,46);3,9-10,12-13,15,18-19,23-24,27,30,39,41H,4-8,11,14,16-17,20-22H2,1-2H3,(H,37,40)/b;15-3+/t26-,27+,30-,33+,38-,39+,49?;23-,24+,27-,30+,34-,35-/m00/s1. The summed E-state index contributed by atoms with van der Waals surface area (Å²) in [6.45, 7) is 14.6. The Morgan fingerprint density at radius 2 is 1.28 bits per heavy atom. The van der Waals surface area contributed by atoms with Crippen LogP contribution in [-0.4, -0.2) is 133 Å². The maximum Gasteiger partial charge on any atom is 0.264 e. The van der Waals surface area contributed by atoms with Gasteiger partial charge in [0.25, 0.3) is 11.8 Å². The van der Waals surface area contributed by atoms with Crippen LogP contribution in [0, 0.1) is 35.5 Å². The number of benzene rings is 4. The van der Waals surface area contributed by atoms with Crippen LogP contribution in [0.4, 0.5) is 11.4 Å². The predicted molar refractivity (Wildman–Crippen MR) is 377 cm³/mol. The van der Waals surface area contributed by atoms with E-state index in [-0.39, 0.29) is 63.4 Å². The molecule has 510 valence electrons. The van der Waals surface area contributed by atoms with Crippen molar-refractivity contribution in [2.24, 2.45) is 40.7 Å². The fraction of sp³-hybridized carbons (Fsp3) is 0.595. The summed E-state index contributed by atoms with van der Waals surface area (Å²) in [6, 6.07) is 23.3. The van der Waals surface area contributed by atoms with E-state index >= 15 is 0 Å². The summed E-state index contributed by atoms with van der Waals surface area (Å²) in [5, 5.41) is 26.9. The molecule has 5 aliphatic heterocycles. The predicted octanol–water partition coefficient (Wildman–Crippen LogP) is 12.6. The minimum atomic E-state index is -3.97. The number of amidine groups is 1. The molecule has 2 saturated carbocycles. The number of anilines is 2. The van der Waals surface area contributed by atoms with E-state index < -0.39 is 36.5 Å². The molecule has 1 unspecified atom stereocenters. The number of aryl methyl sites for hydroxylation is 2. The Bertz CT molecular complexity index is 3800. The van der Waals surface area contributed by atoms with Crippen LogP contribution < -0.4 is 28.7 Å². The number of aliphatic hydroxyl groups excluding tert-OH is 1. The van der Waals surface area contributed by atoms with Crippen molar-refractivity contribution in [3.8, 4) is 11.5 Å². The maximum absolute atomic E-state index is 14.0. The first-order valence-electron chi connectivity index (χ1n) is 34.7. The number of aliphatic hydroxyl groups is 2. The zero-order valence-corrected chi connectivity index (χ0v) is 59.0. The highest BCUT2D eigenvalue weighted by atomic mass is 35.5. The number of hydrogen-bond donors (Lipinski definition) is 4. The number of nitrogens with zero attached hydrogens (tertiary/aromatic N) is 4. The van der Waals surface area contributed by atoms with Gasteiger partial charge in [0, 0.05) is 89.5 Å². The van der Waals surface area contributed by atoms with Crippen molar-refractivity contribution in [2.45, 2.75) is 183 Å². The first-order chi connectivity index (χ1) is 44.9. The van der Waals surface area contributed by atoms with Crippen molar-refractivity contribution >= 4 is 77.8 Å². The molecule has 4 N–H and O–H groups in total. The number of carbonyl (C=O) groups excluding carboxylic acids is 2. The van der Waals surface area contributed by atoms with Crippen LogP contribution in [0.1, 0.15) is 180 Å².